The molecule has 1 amide bonds. The highest BCUT2D eigenvalue weighted by Gasteiger charge is 2.29. The summed E-state index contributed by atoms with van der Waals surface area (Å²) in [6.45, 7) is 2.70. The van der Waals surface area contributed by atoms with E-state index in [2.05, 4.69) is 15.5 Å². The Morgan fingerprint density at radius 1 is 1.36 bits per heavy atom. The number of halogens is 2. The molecule has 22 heavy (non-hydrogen) atoms. The van der Waals surface area contributed by atoms with Crippen LogP contribution >= 0.6 is 23.2 Å². The number of carbonyl (C=O) groups excluding carboxylic acids is 1. The lowest BCUT2D eigenvalue weighted by molar-refractivity contribution is 0.0817. The Balaban J connectivity index is 1.85. The van der Waals surface area contributed by atoms with Gasteiger partial charge in [-0.1, -0.05) is 34.4 Å². The molecule has 2 aromatic rings. The summed E-state index contributed by atoms with van der Waals surface area (Å²) in [4.78, 5) is 18.3. The number of benzene rings is 1. The predicted molar refractivity (Wildman–Crippen MR) is 84.7 cm³/mol. The maximum Gasteiger partial charge on any atom is 0.299 e. The molecule has 0 saturated carbocycles. The number of guanidine groups is 1. The van der Waals surface area contributed by atoms with Crippen LogP contribution in [0.25, 0.3) is 0 Å². The zero-order chi connectivity index (χ0) is 15.7. The molecule has 0 bridgehead atoms. The van der Waals surface area contributed by atoms with Crippen LogP contribution in [0.4, 0.5) is 5.69 Å². The van der Waals surface area contributed by atoms with Gasteiger partial charge >= 0.3 is 0 Å². The average Bonchev–Trinajstić information content (AvgIpc) is 3.11. The highest BCUT2D eigenvalue weighted by molar-refractivity contribution is 6.39. The Morgan fingerprint density at radius 3 is 2.73 bits per heavy atom. The number of nitrogens with zero attached hydrogens (tertiary/aromatic N) is 3. The molecule has 8 heteroatoms. The summed E-state index contributed by atoms with van der Waals surface area (Å²) in [5, 5.41) is 7.54. The Kier molecular flexibility index (Phi) is 4.04. The molecule has 0 saturated heterocycles. The van der Waals surface area contributed by atoms with Crippen molar-refractivity contribution in [2.45, 2.75) is 6.92 Å². The van der Waals surface area contributed by atoms with Crippen molar-refractivity contribution >= 4 is 40.8 Å². The molecule has 1 aromatic carbocycles. The normalized spacial score (nSPS) is 14.1. The van der Waals surface area contributed by atoms with Gasteiger partial charge in [0, 0.05) is 12.1 Å². The number of rotatable bonds is 2. The number of aromatic nitrogens is 1. The van der Waals surface area contributed by atoms with Crippen molar-refractivity contribution < 1.29 is 9.32 Å². The lowest BCUT2D eigenvalue weighted by atomic mass is 10.2. The van der Waals surface area contributed by atoms with E-state index in [1.165, 1.54) is 11.1 Å². The van der Waals surface area contributed by atoms with Crippen molar-refractivity contribution in [3.05, 3.63) is 45.8 Å². The summed E-state index contributed by atoms with van der Waals surface area (Å²) in [5.41, 5.74) is 1.19. The number of hydrogen-bond acceptors (Lipinski definition) is 5. The number of carbonyl (C=O) groups is 1. The van der Waals surface area contributed by atoms with Crippen LogP contribution in [0.15, 0.2) is 33.9 Å². The average molecular weight is 339 g/mol. The van der Waals surface area contributed by atoms with Gasteiger partial charge in [-0.2, -0.15) is 0 Å². The van der Waals surface area contributed by atoms with Gasteiger partial charge < -0.3 is 9.84 Å². The van der Waals surface area contributed by atoms with Crippen LogP contribution in [-0.2, 0) is 0 Å². The van der Waals surface area contributed by atoms with Crippen LogP contribution < -0.4 is 5.32 Å². The number of anilines is 1. The van der Waals surface area contributed by atoms with E-state index in [0.717, 1.165) is 0 Å². The van der Waals surface area contributed by atoms with Gasteiger partial charge in [-0.15, -0.1) is 0 Å². The molecular weight excluding hydrogens is 327 g/mol. The van der Waals surface area contributed by atoms with Gasteiger partial charge in [0.25, 0.3) is 5.91 Å². The molecule has 0 fully saturated rings. The Labute approximate surface area is 136 Å². The quantitative estimate of drug-likeness (QED) is 0.912. The number of hydrogen-bond donors (Lipinski definition) is 1. The molecule has 2 heterocycles. The van der Waals surface area contributed by atoms with Gasteiger partial charge in [0.2, 0.25) is 11.7 Å². The van der Waals surface area contributed by atoms with E-state index in [4.69, 9.17) is 27.7 Å². The SMILES string of the molecule is Cc1cnoc1C(=O)N1CCN=C1Nc1c(Cl)cccc1Cl. The fraction of sp³-hybridized carbons (Fsp3) is 0.214. The molecule has 0 spiro atoms. The second-order valence-corrected chi connectivity index (χ2v) is 5.54. The van der Waals surface area contributed by atoms with E-state index in [1.807, 2.05) is 0 Å². The molecule has 6 nitrogen and oxygen atoms in total. The number of amides is 1. The van der Waals surface area contributed by atoms with E-state index in [1.54, 1.807) is 25.1 Å². The fourth-order valence-corrected chi connectivity index (χ4v) is 2.59. The topological polar surface area (TPSA) is 70.7 Å². The van der Waals surface area contributed by atoms with Gasteiger partial charge in [0.1, 0.15) is 0 Å². The van der Waals surface area contributed by atoms with E-state index in [9.17, 15) is 4.79 Å². The molecule has 1 aliphatic heterocycles. The molecule has 1 aliphatic rings. The fourth-order valence-electron chi connectivity index (χ4n) is 2.10. The third kappa shape index (κ3) is 2.67. The van der Waals surface area contributed by atoms with Crippen LogP contribution in [0.2, 0.25) is 10.0 Å². The smallest absolute Gasteiger partial charge is 0.299 e. The second-order valence-electron chi connectivity index (χ2n) is 4.72. The molecular formula is C14H12Cl2N4O2. The molecule has 0 unspecified atom stereocenters. The monoisotopic (exact) mass is 338 g/mol. The molecule has 0 aliphatic carbocycles. The van der Waals surface area contributed by atoms with Gasteiger partial charge in [0.15, 0.2) is 0 Å². The van der Waals surface area contributed by atoms with Crippen molar-refractivity contribution in [3.63, 3.8) is 0 Å². The van der Waals surface area contributed by atoms with Crippen LogP contribution in [0.1, 0.15) is 16.1 Å². The van der Waals surface area contributed by atoms with E-state index >= 15 is 0 Å². The highest BCUT2D eigenvalue weighted by Crippen LogP contribution is 2.30. The first kappa shape index (κ1) is 14.9. The second kappa shape index (κ2) is 5.98. The van der Waals surface area contributed by atoms with Crippen LogP contribution in [-0.4, -0.2) is 35.0 Å². The van der Waals surface area contributed by atoms with Crippen LogP contribution in [0.3, 0.4) is 0 Å². The summed E-state index contributed by atoms with van der Waals surface area (Å²) < 4.78 is 5.01. The van der Waals surface area contributed by atoms with Crippen molar-refractivity contribution in [2.24, 2.45) is 4.99 Å². The zero-order valence-electron chi connectivity index (χ0n) is 11.6. The molecule has 114 valence electrons. The van der Waals surface area contributed by atoms with Crippen molar-refractivity contribution in [1.82, 2.24) is 10.1 Å². The number of aryl methyl sites for hydroxylation is 1. The van der Waals surface area contributed by atoms with E-state index in [0.29, 0.717) is 40.3 Å². The zero-order valence-corrected chi connectivity index (χ0v) is 13.1. The van der Waals surface area contributed by atoms with Gasteiger partial charge in [0.05, 0.1) is 28.5 Å². The van der Waals surface area contributed by atoms with Crippen LogP contribution in [0.5, 0.6) is 0 Å². The predicted octanol–water partition coefficient (Wildman–Crippen LogP) is 3.21. The molecule has 0 radical (unpaired) electrons. The molecule has 1 aromatic heterocycles. The summed E-state index contributed by atoms with van der Waals surface area (Å²) >= 11 is 12.3. The molecule has 3 rings (SSSR count). The Bertz CT molecular complexity index is 737. The minimum atomic E-state index is -0.304. The lowest BCUT2D eigenvalue weighted by Crippen LogP contribution is -2.38. The minimum Gasteiger partial charge on any atom is -0.351 e. The third-order valence-corrected chi connectivity index (χ3v) is 3.86. The Hall–Kier alpha value is -2.05. The van der Waals surface area contributed by atoms with Crippen molar-refractivity contribution in [3.8, 4) is 0 Å². The van der Waals surface area contributed by atoms with Gasteiger partial charge in [-0.25, -0.2) is 0 Å². The first-order chi connectivity index (χ1) is 10.6. The van der Waals surface area contributed by atoms with E-state index < -0.39 is 0 Å². The highest BCUT2D eigenvalue weighted by atomic mass is 35.5. The summed E-state index contributed by atoms with van der Waals surface area (Å²) in [6, 6.07) is 5.16. The lowest BCUT2D eigenvalue weighted by Gasteiger charge is -2.19. The first-order valence-corrected chi connectivity index (χ1v) is 7.32. The molecule has 1 N–H and O–H groups in total. The van der Waals surface area contributed by atoms with Crippen molar-refractivity contribution in [1.29, 1.82) is 0 Å². The van der Waals surface area contributed by atoms with Crippen molar-refractivity contribution in [2.75, 3.05) is 18.4 Å². The van der Waals surface area contributed by atoms with Crippen LogP contribution in [0, 0.1) is 6.92 Å². The summed E-state index contributed by atoms with van der Waals surface area (Å²) in [7, 11) is 0. The number of nitrogens with one attached hydrogen (secondary N) is 1. The summed E-state index contributed by atoms with van der Waals surface area (Å²) in [5.74, 6) is 0.277. The van der Waals surface area contributed by atoms with E-state index in [-0.39, 0.29) is 11.7 Å². The first-order valence-electron chi connectivity index (χ1n) is 6.56. The van der Waals surface area contributed by atoms with Gasteiger partial charge in [-0.3, -0.25) is 14.7 Å². The minimum absolute atomic E-state index is 0.196. The largest absolute Gasteiger partial charge is 0.351 e. The summed E-state index contributed by atoms with van der Waals surface area (Å²) in [6.07, 6.45) is 1.50. The number of para-hydroxylation sites is 1. The Morgan fingerprint density at radius 2 is 2.09 bits per heavy atom. The maximum atomic E-state index is 12.5. The molecule has 0 atom stereocenters. The third-order valence-electron chi connectivity index (χ3n) is 3.23. The maximum absolute atomic E-state index is 12.5. The number of aliphatic imine (C=N–C) groups is 1. The van der Waals surface area contributed by atoms with Gasteiger partial charge in [-0.05, 0) is 19.1 Å². The standard InChI is InChI=1S/C14H12Cl2N4O2/c1-8-7-18-22-12(8)13(21)20-6-5-17-14(20)19-11-9(15)3-2-4-10(11)16/h2-4,7H,5-6H2,1H3,(H,17,19).